The molecule has 4 nitrogen and oxygen atoms in total. The Morgan fingerprint density at radius 3 is 2.60 bits per heavy atom. The molecule has 1 aromatic rings. The maximum atomic E-state index is 11.8. The van der Waals surface area contributed by atoms with E-state index < -0.39 is 0 Å². The van der Waals surface area contributed by atoms with E-state index in [4.69, 9.17) is 11.6 Å². The Bertz CT molecular complexity index is 360. The molecule has 1 aromatic heterocycles. The molecular weight excluding hydrogens is 214 g/mol. The van der Waals surface area contributed by atoms with Crippen molar-refractivity contribution in [3.05, 3.63) is 17.5 Å². The number of aromatic nitrogens is 2. The average Bonchev–Trinajstić information content (AvgIpc) is 2.44. The molecule has 1 rings (SSSR count). The molecule has 0 aliphatic rings. The predicted molar refractivity (Wildman–Crippen MR) is 60.2 cm³/mol. The molecule has 0 aromatic carbocycles. The van der Waals surface area contributed by atoms with Crippen LogP contribution in [-0.4, -0.2) is 27.1 Å². The van der Waals surface area contributed by atoms with Gasteiger partial charge < -0.3 is 5.32 Å². The highest BCUT2D eigenvalue weighted by molar-refractivity contribution is 6.21. The Morgan fingerprint density at radius 2 is 2.20 bits per heavy atom. The van der Waals surface area contributed by atoms with Gasteiger partial charge in [0.25, 0.3) is 5.91 Å². The maximum absolute atomic E-state index is 11.8. The second-order valence-electron chi connectivity index (χ2n) is 3.74. The zero-order chi connectivity index (χ0) is 11.6. The third-order valence-electron chi connectivity index (χ3n) is 2.31. The van der Waals surface area contributed by atoms with Gasteiger partial charge in [-0.1, -0.05) is 0 Å². The number of hydrogen-bond donors (Lipinski definition) is 1. The molecule has 0 bridgehead atoms. The lowest BCUT2D eigenvalue weighted by molar-refractivity contribution is 0.0939. The molecule has 5 heteroatoms. The van der Waals surface area contributed by atoms with E-state index in [1.54, 1.807) is 17.9 Å². The topological polar surface area (TPSA) is 46.9 Å². The molecule has 0 saturated heterocycles. The molecule has 0 aliphatic heterocycles. The molecule has 84 valence electrons. The number of nitrogens with zero attached hydrogens (tertiary/aromatic N) is 2. The number of carbonyl (C=O) groups excluding carboxylic acids is 1. The van der Waals surface area contributed by atoms with Crippen molar-refractivity contribution in [1.82, 2.24) is 15.1 Å². The van der Waals surface area contributed by atoms with Crippen LogP contribution in [0.5, 0.6) is 0 Å². The fraction of sp³-hybridized carbons (Fsp3) is 0.600. The lowest BCUT2D eigenvalue weighted by Gasteiger charge is -2.15. The molecule has 0 radical (unpaired) electrons. The van der Waals surface area contributed by atoms with E-state index in [0.717, 1.165) is 5.69 Å². The number of rotatable bonds is 3. The first-order valence-corrected chi connectivity index (χ1v) is 5.30. The van der Waals surface area contributed by atoms with E-state index in [-0.39, 0.29) is 17.3 Å². The van der Waals surface area contributed by atoms with Gasteiger partial charge in [-0.25, -0.2) is 0 Å². The van der Waals surface area contributed by atoms with E-state index in [1.807, 2.05) is 20.8 Å². The van der Waals surface area contributed by atoms with Gasteiger partial charge >= 0.3 is 0 Å². The minimum Gasteiger partial charge on any atom is -0.348 e. The molecule has 15 heavy (non-hydrogen) atoms. The second kappa shape index (κ2) is 4.66. The van der Waals surface area contributed by atoms with Crippen molar-refractivity contribution >= 4 is 17.5 Å². The van der Waals surface area contributed by atoms with Crippen molar-refractivity contribution in [2.24, 2.45) is 7.05 Å². The van der Waals surface area contributed by atoms with E-state index in [2.05, 4.69) is 10.4 Å². The van der Waals surface area contributed by atoms with Gasteiger partial charge in [-0.3, -0.25) is 9.48 Å². The van der Waals surface area contributed by atoms with Crippen LogP contribution in [0.2, 0.25) is 0 Å². The maximum Gasteiger partial charge on any atom is 0.255 e. The first-order chi connectivity index (χ1) is 6.91. The lowest BCUT2D eigenvalue weighted by atomic mass is 10.2. The Balaban J connectivity index is 2.73. The van der Waals surface area contributed by atoms with Crippen LogP contribution in [0, 0.1) is 6.92 Å². The van der Waals surface area contributed by atoms with Crippen molar-refractivity contribution in [2.45, 2.75) is 32.2 Å². The largest absolute Gasteiger partial charge is 0.348 e. The number of nitrogens with one attached hydrogen (secondary N) is 1. The monoisotopic (exact) mass is 229 g/mol. The minimum atomic E-state index is -0.124. The summed E-state index contributed by atoms with van der Waals surface area (Å²) in [4.78, 5) is 11.8. The number of amides is 1. The van der Waals surface area contributed by atoms with Crippen molar-refractivity contribution < 1.29 is 4.79 Å². The Morgan fingerprint density at radius 1 is 1.60 bits per heavy atom. The summed E-state index contributed by atoms with van der Waals surface area (Å²) >= 11 is 5.87. The number of carbonyl (C=O) groups is 1. The summed E-state index contributed by atoms with van der Waals surface area (Å²) in [7, 11) is 1.79. The first kappa shape index (κ1) is 12.0. The third-order valence-corrected chi connectivity index (χ3v) is 2.68. The minimum absolute atomic E-state index is 0.0567. The smallest absolute Gasteiger partial charge is 0.255 e. The highest BCUT2D eigenvalue weighted by Crippen LogP contribution is 2.07. The lowest BCUT2D eigenvalue weighted by Crippen LogP contribution is -2.37. The van der Waals surface area contributed by atoms with Crippen LogP contribution < -0.4 is 5.32 Å². The van der Waals surface area contributed by atoms with Gasteiger partial charge in [-0.2, -0.15) is 5.10 Å². The molecule has 1 heterocycles. The first-order valence-electron chi connectivity index (χ1n) is 4.87. The summed E-state index contributed by atoms with van der Waals surface area (Å²) in [6.07, 6.45) is 1.70. The number of alkyl halides is 1. The molecule has 2 unspecified atom stereocenters. The molecule has 2 atom stereocenters. The van der Waals surface area contributed by atoms with Crippen LogP contribution in [-0.2, 0) is 7.05 Å². The summed E-state index contributed by atoms with van der Waals surface area (Å²) in [5.74, 6) is -0.124. The van der Waals surface area contributed by atoms with E-state index in [1.165, 1.54) is 0 Å². The molecule has 0 spiro atoms. The number of hydrogen-bond acceptors (Lipinski definition) is 2. The summed E-state index contributed by atoms with van der Waals surface area (Å²) in [6, 6.07) is -0.0567. The number of aryl methyl sites for hydroxylation is 2. The van der Waals surface area contributed by atoms with Crippen LogP contribution in [0.4, 0.5) is 0 Å². The fourth-order valence-electron chi connectivity index (χ4n) is 1.22. The molecule has 1 amide bonds. The summed E-state index contributed by atoms with van der Waals surface area (Å²) in [5.41, 5.74) is 1.33. The van der Waals surface area contributed by atoms with Crippen LogP contribution in [0.3, 0.4) is 0 Å². The van der Waals surface area contributed by atoms with Gasteiger partial charge in [0.2, 0.25) is 0 Å². The third kappa shape index (κ3) is 2.96. The molecule has 0 aliphatic carbocycles. The van der Waals surface area contributed by atoms with Crippen LogP contribution >= 0.6 is 11.6 Å². The van der Waals surface area contributed by atoms with E-state index >= 15 is 0 Å². The van der Waals surface area contributed by atoms with Gasteiger partial charge in [0.05, 0.1) is 16.6 Å². The van der Waals surface area contributed by atoms with Crippen LogP contribution in [0.15, 0.2) is 6.20 Å². The summed E-state index contributed by atoms with van der Waals surface area (Å²) < 4.78 is 1.62. The van der Waals surface area contributed by atoms with Crippen LogP contribution in [0.1, 0.15) is 29.9 Å². The summed E-state index contributed by atoms with van der Waals surface area (Å²) in [5, 5.41) is 6.84. The van der Waals surface area contributed by atoms with Gasteiger partial charge in [0.15, 0.2) is 0 Å². The zero-order valence-corrected chi connectivity index (χ0v) is 10.2. The van der Waals surface area contributed by atoms with Gasteiger partial charge in [-0.15, -0.1) is 11.6 Å². The molecule has 0 fully saturated rings. The van der Waals surface area contributed by atoms with Crippen molar-refractivity contribution in [3.8, 4) is 0 Å². The van der Waals surface area contributed by atoms with Crippen molar-refractivity contribution in [3.63, 3.8) is 0 Å². The molecule has 1 N–H and O–H groups in total. The molecular formula is C10H16ClN3O. The quantitative estimate of drug-likeness (QED) is 0.798. The highest BCUT2D eigenvalue weighted by atomic mass is 35.5. The fourth-order valence-corrected chi connectivity index (χ4v) is 1.28. The van der Waals surface area contributed by atoms with Gasteiger partial charge in [0.1, 0.15) is 0 Å². The van der Waals surface area contributed by atoms with Crippen LogP contribution in [0.25, 0.3) is 0 Å². The molecule has 0 saturated carbocycles. The Hall–Kier alpha value is -1.03. The van der Waals surface area contributed by atoms with Crippen molar-refractivity contribution in [2.75, 3.05) is 0 Å². The number of halogens is 1. The highest BCUT2D eigenvalue weighted by Gasteiger charge is 2.16. The van der Waals surface area contributed by atoms with E-state index in [9.17, 15) is 4.79 Å². The Kier molecular flexibility index (Phi) is 3.74. The van der Waals surface area contributed by atoms with Gasteiger partial charge in [0, 0.05) is 19.3 Å². The second-order valence-corrected chi connectivity index (χ2v) is 4.43. The summed E-state index contributed by atoms with van der Waals surface area (Å²) in [6.45, 7) is 5.54. The standard InChI is InChI=1S/C10H16ClN3O/c1-6(11)7(2)12-10(15)9-5-14(4)13-8(9)3/h5-7H,1-4H3,(H,12,15). The van der Waals surface area contributed by atoms with Crippen molar-refractivity contribution in [1.29, 1.82) is 0 Å². The van der Waals surface area contributed by atoms with Gasteiger partial charge in [-0.05, 0) is 20.8 Å². The SMILES string of the molecule is Cc1nn(C)cc1C(=O)NC(C)C(C)Cl. The predicted octanol–water partition coefficient (Wildman–Crippen LogP) is 1.47. The Labute approximate surface area is 94.6 Å². The normalized spacial score (nSPS) is 14.7. The zero-order valence-electron chi connectivity index (χ0n) is 9.41. The average molecular weight is 230 g/mol. The van der Waals surface area contributed by atoms with E-state index in [0.29, 0.717) is 5.56 Å².